The number of hydrogen-bond donors (Lipinski definition) is 1. The minimum atomic E-state index is -4.25. The first-order chi connectivity index (χ1) is 9.43. The second kappa shape index (κ2) is 6.17. The van der Waals surface area contributed by atoms with Crippen LogP contribution in [-0.4, -0.2) is 13.1 Å². The van der Waals surface area contributed by atoms with Gasteiger partial charge in [0.15, 0.2) is 0 Å². The molecule has 0 bridgehead atoms. The van der Waals surface area contributed by atoms with Crippen LogP contribution in [-0.2, 0) is 6.18 Å². The van der Waals surface area contributed by atoms with Gasteiger partial charge in [-0.3, -0.25) is 0 Å². The molecule has 2 rings (SSSR count). The lowest BCUT2D eigenvalue weighted by Crippen LogP contribution is -2.24. The van der Waals surface area contributed by atoms with Crippen molar-refractivity contribution < 1.29 is 13.2 Å². The Hall–Kier alpha value is -1.03. The molecule has 2 atom stereocenters. The van der Waals surface area contributed by atoms with E-state index in [1.807, 2.05) is 0 Å². The van der Waals surface area contributed by atoms with E-state index in [4.69, 9.17) is 0 Å². The molecule has 0 amide bonds. The van der Waals surface area contributed by atoms with E-state index in [0.717, 1.165) is 37.1 Å². The molecule has 112 valence electrons. The third-order valence-corrected chi connectivity index (χ3v) is 4.31. The third-order valence-electron chi connectivity index (χ3n) is 4.31. The van der Waals surface area contributed by atoms with Crippen molar-refractivity contribution in [3.63, 3.8) is 0 Å². The fourth-order valence-electron chi connectivity index (χ4n) is 3.29. The highest BCUT2D eigenvalue weighted by atomic mass is 19.4. The van der Waals surface area contributed by atoms with Crippen LogP contribution in [0.2, 0.25) is 0 Å². The van der Waals surface area contributed by atoms with Gasteiger partial charge in [0.25, 0.3) is 0 Å². The van der Waals surface area contributed by atoms with Gasteiger partial charge in [-0.2, -0.15) is 13.2 Å². The molecule has 0 spiro atoms. The molecule has 20 heavy (non-hydrogen) atoms. The Morgan fingerprint density at radius 3 is 2.60 bits per heavy atom. The predicted molar refractivity (Wildman–Crippen MR) is 74.8 cm³/mol. The van der Waals surface area contributed by atoms with Gasteiger partial charge < -0.3 is 5.32 Å². The van der Waals surface area contributed by atoms with Crippen LogP contribution in [0.1, 0.15) is 48.8 Å². The summed E-state index contributed by atoms with van der Waals surface area (Å²) in [6, 6.07) is 4.20. The Kier molecular flexibility index (Phi) is 4.74. The maximum absolute atomic E-state index is 12.7. The van der Waals surface area contributed by atoms with Crippen molar-refractivity contribution >= 4 is 0 Å². The molecular formula is C16H22F3N. The maximum atomic E-state index is 12.7. The zero-order valence-electron chi connectivity index (χ0n) is 12.1. The molecular weight excluding hydrogens is 263 g/mol. The summed E-state index contributed by atoms with van der Waals surface area (Å²) in [5, 5.41) is 3.37. The fraction of sp³-hybridized carbons (Fsp3) is 0.625. The van der Waals surface area contributed by atoms with Crippen LogP contribution < -0.4 is 5.32 Å². The summed E-state index contributed by atoms with van der Waals surface area (Å²) >= 11 is 0. The second-order valence-corrected chi connectivity index (χ2v) is 5.67. The van der Waals surface area contributed by atoms with Crippen LogP contribution >= 0.6 is 0 Å². The van der Waals surface area contributed by atoms with E-state index in [1.165, 1.54) is 18.6 Å². The molecule has 1 aliphatic rings. The lowest BCUT2D eigenvalue weighted by atomic mass is 9.85. The van der Waals surface area contributed by atoms with Crippen molar-refractivity contribution in [2.24, 2.45) is 5.92 Å². The molecule has 4 heteroatoms. The van der Waals surface area contributed by atoms with Gasteiger partial charge in [0.05, 0.1) is 5.56 Å². The van der Waals surface area contributed by atoms with Gasteiger partial charge in [0.1, 0.15) is 0 Å². The predicted octanol–water partition coefficient (Wildman–Crippen LogP) is 4.51. The van der Waals surface area contributed by atoms with Crippen LogP contribution in [0.25, 0.3) is 0 Å². The van der Waals surface area contributed by atoms with Crippen molar-refractivity contribution in [2.75, 3.05) is 13.1 Å². The number of rotatable bonds is 4. The SMILES string of the molecule is CCNCC1CCCC1c1ccc(C(F)(F)F)cc1C. The number of benzene rings is 1. The van der Waals surface area contributed by atoms with Crippen LogP contribution in [0.3, 0.4) is 0 Å². The van der Waals surface area contributed by atoms with Gasteiger partial charge in [-0.15, -0.1) is 0 Å². The van der Waals surface area contributed by atoms with Crippen LogP contribution in [0.4, 0.5) is 13.2 Å². The average Bonchev–Trinajstić information content (AvgIpc) is 2.83. The molecule has 1 fully saturated rings. The first-order valence-electron chi connectivity index (χ1n) is 7.32. The fourth-order valence-corrected chi connectivity index (χ4v) is 3.29. The van der Waals surface area contributed by atoms with Crippen LogP contribution in [0.15, 0.2) is 18.2 Å². The Bertz CT molecular complexity index is 454. The summed E-state index contributed by atoms with van der Waals surface area (Å²) in [7, 11) is 0. The zero-order valence-corrected chi connectivity index (χ0v) is 12.1. The number of nitrogens with one attached hydrogen (secondary N) is 1. The summed E-state index contributed by atoms with van der Waals surface area (Å²) in [6.45, 7) is 5.78. The lowest BCUT2D eigenvalue weighted by Gasteiger charge is -2.23. The van der Waals surface area contributed by atoms with Gasteiger partial charge >= 0.3 is 6.18 Å². The number of halogens is 3. The van der Waals surface area contributed by atoms with Gasteiger partial charge in [-0.25, -0.2) is 0 Å². The van der Waals surface area contributed by atoms with Crippen molar-refractivity contribution in [3.05, 3.63) is 34.9 Å². The average molecular weight is 285 g/mol. The lowest BCUT2D eigenvalue weighted by molar-refractivity contribution is -0.137. The summed E-state index contributed by atoms with van der Waals surface area (Å²) < 4.78 is 38.1. The van der Waals surface area contributed by atoms with E-state index in [1.54, 1.807) is 13.0 Å². The molecule has 0 saturated heterocycles. The highest BCUT2D eigenvalue weighted by molar-refractivity contribution is 5.35. The number of alkyl halides is 3. The van der Waals surface area contributed by atoms with Crippen LogP contribution in [0, 0.1) is 12.8 Å². The highest BCUT2D eigenvalue weighted by Crippen LogP contribution is 2.41. The van der Waals surface area contributed by atoms with E-state index < -0.39 is 11.7 Å². The molecule has 0 aliphatic heterocycles. The van der Waals surface area contributed by atoms with Crippen molar-refractivity contribution in [2.45, 2.75) is 45.2 Å². The quantitative estimate of drug-likeness (QED) is 0.858. The molecule has 1 aliphatic carbocycles. The normalized spacial score (nSPS) is 23.2. The molecule has 1 saturated carbocycles. The standard InChI is InChI=1S/C16H22F3N/c1-3-20-10-12-5-4-6-15(12)14-8-7-13(9-11(14)2)16(17,18)19/h7-9,12,15,20H,3-6,10H2,1-2H3. The Balaban J connectivity index is 2.20. The van der Waals surface area contributed by atoms with E-state index >= 15 is 0 Å². The van der Waals surface area contributed by atoms with Gasteiger partial charge in [-0.05, 0) is 68.0 Å². The van der Waals surface area contributed by atoms with Gasteiger partial charge in [0, 0.05) is 0 Å². The summed E-state index contributed by atoms with van der Waals surface area (Å²) in [5.74, 6) is 0.946. The molecule has 1 aromatic carbocycles. The van der Waals surface area contributed by atoms with E-state index in [-0.39, 0.29) is 0 Å². The molecule has 1 nitrogen and oxygen atoms in total. The highest BCUT2D eigenvalue weighted by Gasteiger charge is 2.33. The molecule has 0 aromatic heterocycles. The Morgan fingerprint density at radius 2 is 2.00 bits per heavy atom. The second-order valence-electron chi connectivity index (χ2n) is 5.67. The van der Waals surface area contributed by atoms with Gasteiger partial charge in [0.2, 0.25) is 0 Å². The van der Waals surface area contributed by atoms with Crippen LogP contribution in [0.5, 0.6) is 0 Å². The summed E-state index contributed by atoms with van der Waals surface area (Å²) in [5.41, 5.74) is 1.33. The monoisotopic (exact) mass is 285 g/mol. The van der Waals surface area contributed by atoms with E-state index in [0.29, 0.717) is 11.8 Å². The van der Waals surface area contributed by atoms with Crippen molar-refractivity contribution in [1.29, 1.82) is 0 Å². The smallest absolute Gasteiger partial charge is 0.317 e. The summed E-state index contributed by atoms with van der Waals surface area (Å²) in [6.07, 6.45) is -0.830. The first kappa shape index (κ1) is 15.4. The maximum Gasteiger partial charge on any atom is 0.416 e. The minimum Gasteiger partial charge on any atom is -0.317 e. The Labute approximate surface area is 118 Å². The topological polar surface area (TPSA) is 12.0 Å². The Morgan fingerprint density at radius 1 is 1.25 bits per heavy atom. The number of aryl methyl sites for hydroxylation is 1. The minimum absolute atomic E-state index is 0.399. The molecule has 2 unspecified atom stereocenters. The van der Waals surface area contributed by atoms with E-state index in [9.17, 15) is 13.2 Å². The molecule has 0 radical (unpaired) electrons. The summed E-state index contributed by atoms with van der Waals surface area (Å²) in [4.78, 5) is 0. The molecule has 1 N–H and O–H groups in total. The van der Waals surface area contributed by atoms with E-state index in [2.05, 4.69) is 12.2 Å². The largest absolute Gasteiger partial charge is 0.416 e. The zero-order chi connectivity index (χ0) is 14.8. The van der Waals surface area contributed by atoms with Crippen molar-refractivity contribution in [1.82, 2.24) is 5.32 Å². The first-order valence-corrected chi connectivity index (χ1v) is 7.32. The molecule has 0 heterocycles. The van der Waals surface area contributed by atoms with Crippen molar-refractivity contribution in [3.8, 4) is 0 Å². The number of hydrogen-bond acceptors (Lipinski definition) is 1. The van der Waals surface area contributed by atoms with Gasteiger partial charge in [-0.1, -0.05) is 19.4 Å². The molecule has 1 aromatic rings. The third kappa shape index (κ3) is 3.35.